The summed E-state index contributed by atoms with van der Waals surface area (Å²) in [6.45, 7) is 20.3. The smallest absolute Gasteiger partial charge is 0.148 e. The van der Waals surface area contributed by atoms with Gasteiger partial charge in [0, 0.05) is 5.69 Å². The summed E-state index contributed by atoms with van der Waals surface area (Å²) in [5.74, 6) is 0. The Balaban J connectivity index is 5.93. The van der Waals surface area contributed by atoms with Gasteiger partial charge in [-0.3, -0.25) is 0 Å². The van der Waals surface area contributed by atoms with Gasteiger partial charge >= 0.3 is 0 Å². The van der Waals surface area contributed by atoms with Gasteiger partial charge in [-0.1, -0.05) is 58.9 Å². The van der Waals surface area contributed by atoms with Crippen LogP contribution in [0.3, 0.4) is 0 Å². The summed E-state index contributed by atoms with van der Waals surface area (Å²) in [6, 6.07) is 0. The molecule has 0 aromatic rings. The molecule has 15 heavy (non-hydrogen) atoms. The Morgan fingerprint density at radius 2 is 0.800 bits per heavy atom. The highest BCUT2D eigenvalue weighted by Crippen LogP contribution is 2.36. The molecular formula is C10H27NSi4. The van der Waals surface area contributed by atoms with Crippen molar-refractivity contribution in [2.24, 2.45) is 0 Å². The summed E-state index contributed by atoms with van der Waals surface area (Å²) in [5.41, 5.74) is 2.96. The average molecular weight is 274 g/mol. The van der Waals surface area contributed by atoms with E-state index in [9.17, 15) is 5.26 Å². The molecule has 88 valence electrons. The fourth-order valence-electron chi connectivity index (χ4n) is 3.88. The van der Waals surface area contributed by atoms with Gasteiger partial charge in [0.1, 0.15) is 6.63 Å². The van der Waals surface area contributed by atoms with Gasteiger partial charge in [-0.25, -0.2) is 5.26 Å². The van der Waals surface area contributed by atoms with Crippen molar-refractivity contribution in [3.63, 3.8) is 0 Å². The Morgan fingerprint density at radius 3 is 0.800 bits per heavy atom. The van der Waals surface area contributed by atoms with Gasteiger partial charge in [-0.05, 0) is 0 Å². The second kappa shape index (κ2) is 3.98. The Hall–Kier alpha value is 0.358. The zero-order valence-electron chi connectivity index (χ0n) is 11.9. The highest BCUT2D eigenvalue weighted by Gasteiger charge is 2.62. The first-order valence-corrected chi connectivity index (χ1v) is 21.2. The lowest BCUT2D eigenvalue weighted by molar-refractivity contribution is 1.55. The Labute approximate surface area is 99.3 Å². The lowest BCUT2D eigenvalue weighted by Crippen LogP contribution is -2.82. The molecule has 0 heterocycles. The fraction of sp³-hybridized carbons (Fsp3) is 0.900. The van der Waals surface area contributed by atoms with E-state index in [4.69, 9.17) is 0 Å². The predicted octanol–water partition coefficient (Wildman–Crippen LogP) is 3.75. The maximum absolute atomic E-state index is 9.90. The summed E-state index contributed by atoms with van der Waals surface area (Å²) in [6.07, 6.45) is 0. The third-order valence-corrected chi connectivity index (χ3v) is 72.4. The number of rotatable bonds is 3. The molecule has 0 aromatic heterocycles. The van der Waals surface area contributed by atoms with Gasteiger partial charge in [-0.2, -0.15) is 0 Å². The van der Waals surface area contributed by atoms with E-state index in [-0.39, 0.29) is 0 Å². The average Bonchev–Trinajstić information content (AvgIpc) is 1.76. The number of hydrogen-bond acceptors (Lipinski definition) is 1. The minimum absolute atomic E-state index is 1.31. The quantitative estimate of drug-likeness (QED) is 0.719. The first-order valence-electron chi connectivity index (χ1n) is 5.72. The van der Waals surface area contributed by atoms with Crippen LogP contribution in [-0.2, 0) is 0 Å². The molecule has 0 saturated heterocycles. The lowest BCUT2D eigenvalue weighted by Gasteiger charge is -2.51. The highest BCUT2D eigenvalue weighted by molar-refractivity contribution is 7.91. The van der Waals surface area contributed by atoms with E-state index >= 15 is 0 Å². The van der Waals surface area contributed by atoms with Crippen molar-refractivity contribution < 1.29 is 0 Å². The molecule has 5 heteroatoms. The van der Waals surface area contributed by atoms with E-state index in [0.29, 0.717) is 0 Å². The van der Waals surface area contributed by atoms with Crippen LogP contribution in [0.15, 0.2) is 0 Å². The van der Waals surface area contributed by atoms with Crippen LogP contribution in [0.4, 0.5) is 0 Å². The summed E-state index contributed by atoms with van der Waals surface area (Å²) in [7, 11) is -3.92. The Kier molecular flexibility index (Phi) is 4.08. The van der Waals surface area contributed by atoms with E-state index in [2.05, 4.69) is 64.6 Å². The fourth-order valence-corrected chi connectivity index (χ4v) is 95.7. The summed E-state index contributed by atoms with van der Waals surface area (Å²) < 4.78 is 0. The summed E-state index contributed by atoms with van der Waals surface area (Å²) >= 11 is 0. The number of nitrogens with zero attached hydrogens (tertiary/aromatic N) is 1. The van der Waals surface area contributed by atoms with Gasteiger partial charge in [0.25, 0.3) is 0 Å². The summed E-state index contributed by atoms with van der Waals surface area (Å²) in [4.78, 5) is 0. The van der Waals surface area contributed by atoms with Gasteiger partial charge in [0.2, 0.25) is 0 Å². The molecule has 1 nitrogen and oxygen atoms in total. The molecule has 0 fully saturated rings. The number of nitriles is 1. The molecule has 0 aliphatic heterocycles. The van der Waals surface area contributed by atoms with Crippen molar-refractivity contribution in [2.75, 3.05) is 0 Å². The molecule has 0 radical (unpaired) electrons. The summed E-state index contributed by atoms with van der Waals surface area (Å²) in [5, 5.41) is 9.90. The number of hydrogen-bond donors (Lipinski definition) is 0. The van der Waals surface area contributed by atoms with Crippen LogP contribution in [0, 0.1) is 11.0 Å². The normalized spacial score (nSPS) is 14.9. The topological polar surface area (TPSA) is 23.8 Å². The van der Waals surface area contributed by atoms with Crippen LogP contribution in [0.5, 0.6) is 0 Å². The first kappa shape index (κ1) is 15.4. The van der Waals surface area contributed by atoms with E-state index in [1.54, 1.807) is 0 Å². The van der Waals surface area contributed by atoms with Crippen molar-refractivity contribution >= 4 is 29.4 Å². The Bertz CT molecular complexity index is 236. The third-order valence-electron chi connectivity index (χ3n) is 3.54. The zero-order valence-corrected chi connectivity index (χ0v) is 15.9. The molecular weight excluding hydrogens is 246 g/mol. The predicted molar refractivity (Wildman–Crippen MR) is 81.4 cm³/mol. The van der Waals surface area contributed by atoms with Crippen LogP contribution < -0.4 is 0 Å². The second-order valence-electron chi connectivity index (χ2n) is 7.61. The lowest BCUT2D eigenvalue weighted by atomic mass is 11.8. The Morgan fingerprint density at radius 1 is 0.600 bits per heavy atom. The molecule has 0 amide bonds. The van der Waals surface area contributed by atoms with E-state index in [1.807, 2.05) is 0 Å². The molecule has 0 aliphatic carbocycles. The molecule has 0 unspecified atom stereocenters. The standard InChI is InChI=1S/C10H27NSi4/c1-12(2,3)15(10-11,13(4,5)6)14(7,8)9/h1-9H3. The van der Waals surface area contributed by atoms with Crippen molar-refractivity contribution in [3.8, 4) is 5.69 Å². The van der Waals surface area contributed by atoms with Crippen LogP contribution in [-0.4, -0.2) is 29.4 Å². The SMILES string of the molecule is C[Si](C)(C)[Si](C#N)([Si](C)(C)C)[Si](C)(C)C. The maximum atomic E-state index is 9.90. The van der Waals surface area contributed by atoms with Crippen LogP contribution >= 0.6 is 0 Å². The van der Waals surface area contributed by atoms with Crippen LogP contribution in [0.2, 0.25) is 58.9 Å². The van der Waals surface area contributed by atoms with E-state index < -0.39 is 29.4 Å². The first-order chi connectivity index (χ1) is 6.31. The molecule has 0 spiro atoms. The molecule has 0 aromatic carbocycles. The maximum Gasteiger partial charge on any atom is 0.148 e. The third kappa shape index (κ3) is 2.38. The van der Waals surface area contributed by atoms with Crippen molar-refractivity contribution in [3.05, 3.63) is 0 Å². The molecule has 0 saturated carbocycles. The van der Waals surface area contributed by atoms with E-state index in [1.165, 1.54) is 0 Å². The van der Waals surface area contributed by atoms with Gasteiger partial charge in [-0.15, -0.1) is 0 Å². The molecule has 0 bridgehead atoms. The van der Waals surface area contributed by atoms with Crippen molar-refractivity contribution in [1.82, 2.24) is 0 Å². The largest absolute Gasteiger partial charge is 0.208 e. The van der Waals surface area contributed by atoms with Crippen LogP contribution in [0.1, 0.15) is 0 Å². The molecule has 0 N–H and O–H groups in total. The molecule has 0 rings (SSSR count). The van der Waals surface area contributed by atoms with E-state index in [0.717, 1.165) is 0 Å². The molecule has 0 aliphatic rings. The zero-order chi connectivity index (χ0) is 12.7. The minimum atomic E-state index is -1.65. The van der Waals surface area contributed by atoms with Crippen LogP contribution in [0.25, 0.3) is 0 Å². The van der Waals surface area contributed by atoms with Gasteiger partial charge in [0.05, 0.1) is 22.8 Å². The molecule has 0 atom stereocenters. The van der Waals surface area contributed by atoms with Crippen molar-refractivity contribution in [1.29, 1.82) is 5.26 Å². The minimum Gasteiger partial charge on any atom is -0.208 e. The highest BCUT2D eigenvalue weighted by atomic mass is 29.9. The van der Waals surface area contributed by atoms with Gasteiger partial charge < -0.3 is 0 Å². The monoisotopic (exact) mass is 273 g/mol. The van der Waals surface area contributed by atoms with Gasteiger partial charge in [0.15, 0.2) is 0 Å². The van der Waals surface area contributed by atoms with Crippen molar-refractivity contribution in [2.45, 2.75) is 58.9 Å². The second-order valence-corrected chi connectivity index (χ2v) is 47.6.